The summed E-state index contributed by atoms with van der Waals surface area (Å²) in [5, 5.41) is 10.3. The standard InChI is InChI=1S/C24H21NO3/c1-17-16-25(21-12-5-6-13-23(21)26)22(15-24(17)27)18-8-7-11-20(14-18)28-19-9-3-2-4-10-19/h2-14,16,22,26H,15H2,1H3/t22-/m0/s1. The van der Waals surface area contributed by atoms with Crippen LogP contribution < -0.4 is 9.64 Å². The predicted octanol–water partition coefficient (Wildman–Crippen LogP) is 5.61. The van der Waals surface area contributed by atoms with Crippen molar-refractivity contribution in [3.63, 3.8) is 0 Å². The molecule has 1 atom stereocenters. The van der Waals surface area contributed by atoms with Gasteiger partial charge < -0.3 is 14.7 Å². The van der Waals surface area contributed by atoms with Crippen molar-refractivity contribution in [2.45, 2.75) is 19.4 Å². The number of phenols is 1. The van der Waals surface area contributed by atoms with Gasteiger partial charge in [0.2, 0.25) is 0 Å². The van der Waals surface area contributed by atoms with Crippen molar-refractivity contribution in [1.82, 2.24) is 0 Å². The molecule has 0 fully saturated rings. The number of nitrogens with zero attached hydrogens (tertiary/aromatic N) is 1. The van der Waals surface area contributed by atoms with Gasteiger partial charge >= 0.3 is 0 Å². The van der Waals surface area contributed by atoms with Gasteiger partial charge in [0.1, 0.15) is 17.2 Å². The monoisotopic (exact) mass is 371 g/mol. The zero-order valence-corrected chi connectivity index (χ0v) is 15.6. The van der Waals surface area contributed by atoms with E-state index in [9.17, 15) is 9.90 Å². The molecule has 4 rings (SSSR count). The fraction of sp³-hybridized carbons (Fsp3) is 0.125. The first-order valence-electron chi connectivity index (χ1n) is 9.22. The van der Waals surface area contributed by atoms with E-state index in [-0.39, 0.29) is 17.6 Å². The van der Waals surface area contributed by atoms with Crippen LogP contribution in [0.15, 0.2) is 90.6 Å². The number of rotatable bonds is 4. The SMILES string of the molecule is CC1=CN(c2ccccc2O)[C@H](c2cccc(Oc3ccccc3)c2)CC1=O. The van der Waals surface area contributed by atoms with Crippen LogP contribution in [0.2, 0.25) is 0 Å². The quantitative estimate of drug-likeness (QED) is 0.648. The molecular formula is C24H21NO3. The third kappa shape index (κ3) is 3.62. The lowest BCUT2D eigenvalue weighted by Gasteiger charge is -2.35. The average molecular weight is 371 g/mol. The van der Waals surface area contributed by atoms with E-state index in [2.05, 4.69) is 0 Å². The number of para-hydroxylation sites is 3. The number of allylic oxidation sites excluding steroid dienone is 1. The van der Waals surface area contributed by atoms with Gasteiger partial charge in [0, 0.05) is 18.2 Å². The summed E-state index contributed by atoms with van der Waals surface area (Å²) in [6.45, 7) is 1.81. The smallest absolute Gasteiger partial charge is 0.162 e. The molecule has 3 aromatic carbocycles. The van der Waals surface area contributed by atoms with E-state index < -0.39 is 0 Å². The highest BCUT2D eigenvalue weighted by Gasteiger charge is 2.29. The molecule has 0 bridgehead atoms. The molecule has 1 heterocycles. The van der Waals surface area contributed by atoms with Gasteiger partial charge in [0.25, 0.3) is 0 Å². The van der Waals surface area contributed by atoms with Crippen LogP contribution in [0.25, 0.3) is 0 Å². The zero-order valence-electron chi connectivity index (χ0n) is 15.6. The number of Topliss-reactive ketones (excluding diaryl/α,β-unsaturated/α-hetero) is 1. The number of carbonyl (C=O) groups is 1. The molecule has 1 N–H and O–H groups in total. The van der Waals surface area contributed by atoms with Crippen LogP contribution in [0.3, 0.4) is 0 Å². The van der Waals surface area contributed by atoms with Crippen molar-refractivity contribution in [2.24, 2.45) is 0 Å². The molecule has 4 nitrogen and oxygen atoms in total. The van der Waals surface area contributed by atoms with Crippen molar-refractivity contribution >= 4 is 11.5 Å². The largest absolute Gasteiger partial charge is 0.506 e. The first-order chi connectivity index (χ1) is 13.6. The van der Waals surface area contributed by atoms with Gasteiger partial charge in [-0.1, -0.05) is 42.5 Å². The van der Waals surface area contributed by atoms with Gasteiger partial charge in [-0.2, -0.15) is 0 Å². The molecule has 3 aromatic rings. The van der Waals surface area contributed by atoms with Crippen molar-refractivity contribution < 1.29 is 14.6 Å². The lowest BCUT2D eigenvalue weighted by Crippen LogP contribution is -2.31. The second-order valence-corrected chi connectivity index (χ2v) is 6.84. The second kappa shape index (κ2) is 7.61. The molecule has 1 aliphatic heterocycles. The van der Waals surface area contributed by atoms with Gasteiger partial charge in [0.15, 0.2) is 5.78 Å². The fourth-order valence-corrected chi connectivity index (χ4v) is 3.41. The number of aromatic hydroxyl groups is 1. The Bertz CT molecular complexity index is 1030. The average Bonchev–Trinajstić information content (AvgIpc) is 2.71. The van der Waals surface area contributed by atoms with E-state index >= 15 is 0 Å². The number of carbonyl (C=O) groups excluding carboxylic acids is 1. The summed E-state index contributed by atoms with van der Waals surface area (Å²) < 4.78 is 5.95. The summed E-state index contributed by atoms with van der Waals surface area (Å²) in [5.74, 6) is 1.75. The van der Waals surface area contributed by atoms with Crippen molar-refractivity contribution in [3.05, 3.63) is 96.2 Å². The van der Waals surface area contributed by atoms with E-state index in [0.29, 0.717) is 23.4 Å². The van der Waals surface area contributed by atoms with E-state index in [1.165, 1.54) is 0 Å². The van der Waals surface area contributed by atoms with E-state index in [0.717, 1.165) is 11.3 Å². The number of ether oxygens (including phenoxy) is 1. The number of ketones is 1. The minimum absolute atomic E-state index is 0.103. The maximum Gasteiger partial charge on any atom is 0.162 e. The Labute approximate surface area is 164 Å². The summed E-state index contributed by atoms with van der Waals surface area (Å²) in [5.41, 5.74) is 2.30. The Morgan fingerprint density at radius 2 is 1.64 bits per heavy atom. The number of phenolic OH excluding ortho intramolecular Hbond substituents is 1. The van der Waals surface area contributed by atoms with Crippen LogP contribution in [0, 0.1) is 0 Å². The first kappa shape index (κ1) is 17.9. The highest BCUT2D eigenvalue weighted by atomic mass is 16.5. The van der Waals surface area contributed by atoms with Crippen LogP contribution in [-0.4, -0.2) is 10.9 Å². The van der Waals surface area contributed by atoms with Crippen molar-refractivity contribution in [2.75, 3.05) is 4.90 Å². The lowest BCUT2D eigenvalue weighted by atomic mass is 9.93. The third-order valence-corrected chi connectivity index (χ3v) is 4.87. The van der Waals surface area contributed by atoms with Crippen LogP contribution >= 0.6 is 0 Å². The molecule has 0 unspecified atom stereocenters. The van der Waals surface area contributed by atoms with Gasteiger partial charge in [-0.05, 0) is 48.9 Å². The van der Waals surface area contributed by atoms with Gasteiger partial charge in [-0.3, -0.25) is 4.79 Å². The molecule has 140 valence electrons. The Balaban J connectivity index is 1.71. The first-order valence-corrected chi connectivity index (χ1v) is 9.22. The highest BCUT2D eigenvalue weighted by Crippen LogP contribution is 2.40. The van der Waals surface area contributed by atoms with Crippen LogP contribution in [0.1, 0.15) is 24.9 Å². The molecule has 0 spiro atoms. The van der Waals surface area contributed by atoms with Gasteiger partial charge in [0.05, 0.1) is 11.7 Å². The zero-order chi connectivity index (χ0) is 19.5. The maximum absolute atomic E-state index is 12.4. The van der Waals surface area contributed by atoms with Crippen LogP contribution in [0.4, 0.5) is 5.69 Å². The molecule has 0 saturated carbocycles. The van der Waals surface area contributed by atoms with Crippen LogP contribution in [-0.2, 0) is 4.79 Å². The summed E-state index contributed by atoms with van der Waals surface area (Å²) in [6.07, 6.45) is 2.15. The van der Waals surface area contributed by atoms with E-state index in [4.69, 9.17) is 4.74 Å². The lowest BCUT2D eigenvalue weighted by molar-refractivity contribution is -0.116. The summed E-state index contributed by atoms with van der Waals surface area (Å²) >= 11 is 0. The second-order valence-electron chi connectivity index (χ2n) is 6.84. The summed E-state index contributed by atoms with van der Waals surface area (Å²) in [7, 11) is 0. The number of hydrogen-bond donors (Lipinski definition) is 1. The van der Waals surface area contributed by atoms with Crippen LogP contribution in [0.5, 0.6) is 17.2 Å². The predicted molar refractivity (Wildman–Crippen MR) is 110 cm³/mol. The van der Waals surface area contributed by atoms with Crippen molar-refractivity contribution in [1.29, 1.82) is 0 Å². The van der Waals surface area contributed by atoms with E-state index in [1.54, 1.807) is 19.1 Å². The molecule has 1 aliphatic rings. The molecule has 0 aromatic heterocycles. The molecular weight excluding hydrogens is 350 g/mol. The molecule has 0 aliphatic carbocycles. The van der Waals surface area contributed by atoms with Crippen molar-refractivity contribution in [3.8, 4) is 17.2 Å². The maximum atomic E-state index is 12.4. The summed E-state index contributed by atoms with van der Waals surface area (Å²) in [4.78, 5) is 14.4. The van der Waals surface area contributed by atoms with E-state index in [1.807, 2.05) is 77.8 Å². The number of hydrogen-bond acceptors (Lipinski definition) is 4. The number of anilines is 1. The minimum Gasteiger partial charge on any atom is -0.506 e. The highest BCUT2D eigenvalue weighted by molar-refractivity contribution is 5.97. The van der Waals surface area contributed by atoms with Gasteiger partial charge in [-0.25, -0.2) is 0 Å². The molecule has 28 heavy (non-hydrogen) atoms. The Morgan fingerprint density at radius 3 is 2.43 bits per heavy atom. The third-order valence-electron chi connectivity index (χ3n) is 4.87. The minimum atomic E-state index is -0.219. The van der Waals surface area contributed by atoms with Gasteiger partial charge in [-0.15, -0.1) is 0 Å². The Morgan fingerprint density at radius 1 is 0.929 bits per heavy atom. The molecule has 0 radical (unpaired) electrons. The summed E-state index contributed by atoms with van der Waals surface area (Å²) in [6, 6.07) is 24.3. The topological polar surface area (TPSA) is 49.8 Å². The number of benzene rings is 3. The molecule has 0 amide bonds. The normalized spacial score (nSPS) is 16.6. The molecule has 4 heteroatoms. The molecule has 0 saturated heterocycles. The Kier molecular flexibility index (Phi) is 4.85. The Hall–Kier alpha value is -3.53. The fourth-order valence-electron chi connectivity index (χ4n) is 3.41.